The molecule has 3 heterocycles. The Balaban J connectivity index is 1.53. The van der Waals surface area contributed by atoms with Crippen molar-refractivity contribution in [3.8, 4) is 0 Å². The van der Waals surface area contributed by atoms with Gasteiger partial charge >= 0.3 is 0 Å². The molecule has 0 radical (unpaired) electrons. The Hall–Kier alpha value is -2.93. The molecule has 0 spiro atoms. The first kappa shape index (κ1) is 15.6. The molecule has 2 aromatic heterocycles. The van der Waals surface area contributed by atoms with Crippen LogP contribution in [-0.4, -0.2) is 51.4 Å². The summed E-state index contributed by atoms with van der Waals surface area (Å²) in [5, 5.41) is 0. The van der Waals surface area contributed by atoms with Crippen LogP contribution in [0.1, 0.15) is 11.6 Å². The van der Waals surface area contributed by atoms with Crippen molar-refractivity contribution in [2.24, 2.45) is 5.73 Å². The minimum Gasteiger partial charge on any atom is -0.368 e. The van der Waals surface area contributed by atoms with E-state index in [0.717, 1.165) is 43.1 Å². The van der Waals surface area contributed by atoms with Gasteiger partial charge in [-0.25, -0.2) is 9.97 Å². The van der Waals surface area contributed by atoms with Crippen LogP contribution in [0, 0.1) is 0 Å². The van der Waals surface area contributed by atoms with Crippen LogP contribution >= 0.6 is 0 Å². The van der Waals surface area contributed by atoms with Gasteiger partial charge in [-0.2, -0.15) is 0 Å². The number of hydrogen-bond donors (Lipinski definition) is 1. The zero-order valence-electron chi connectivity index (χ0n) is 13.8. The summed E-state index contributed by atoms with van der Waals surface area (Å²) in [4.78, 5) is 25.1. The Labute approximate surface area is 145 Å². The normalized spacial score (nSPS) is 16.9. The topological polar surface area (TPSA) is 79.8 Å². The summed E-state index contributed by atoms with van der Waals surface area (Å²) in [6, 6.07) is 9.34. The molecule has 0 saturated carbocycles. The Kier molecular flexibility index (Phi) is 4.07. The van der Waals surface area contributed by atoms with E-state index >= 15 is 0 Å². The van der Waals surface area contributed by atoms with Crippen molar-refractivity contribution in [3.05, 3.63) is 60.8 Å². The third-order valence-electron chi connectivity index (χ3n) is 4.68. The maximum atomic E-state index is 12.0. The molecular formula is C18H20N6O. The Morgan fingerprint density at radius 2 is 1.88 bits per heavy atom. The van der Waals surface area contributed by atoms with E-state index in [4.69, 9.17) is 5.73 Å². The number of carbonyl (C=O) groups excluding carboxylic acids is 1. The molecule has 1 fully saturated rings. The second kappa shape index (κ2) is 6.52. The minimum absolute atomic E-state index is 0.310. The molecule has 2 N–H and O–H groups in total. The predicted molar refractivity (Wildman–Crippen MR) is 95.2 cm³/mol. The minimum atomic E-state index is -0.387. The van der Waals surface area contributed by atoms with Crippen molar-refractivity contribution in [2.75, 3.05) is 31.1 Å². The van der Waals surface area contributed by atoms with E-state index in [1.165, 1.54) is 0 Å². The van der Waals surface area contributed by atoms with Crippen molar-refractivity contribution in [1.29, 1.82) is 0 Å². The highest BCUT2D eigenvalue weighted by molar-refractivity contribution is 5.81. The van der Waals surface area contributed by atoms with Gasteiger partial charge in [0, 0.05) is 38.6 Å². The van der Waals surface area contributed by atoms with Gasteiger partial charge in [0.1, 0.15) is 11.6 Å². The molecule has 25 heavy (non-hydrogen) atoms. The van der Waals surface area contributed by atoms with E-state index < -0.39 is 0 Å². The van der Waals surface area contributed by atoms with Crippen LogP contribution in [0.5, 0.6) is 0 Å². The van der Waals surface area contributed by atoms with Gasteiger partial charge in [0.15, 0.2) is 5.82 Å². The van der Waals surface area contributed by atoms with Gasteiger partial charge in [-0.05, 0) is 5.56 Å². The number of nitrogens with zero attached hydrogens (tertiary/aromatic N) is 5. The molecule has 1 amide bonds. The zero-order valence-corrected chi connectivity index (χ0v) is 13.8. The molecule has 1 saturated heterocycles. The number of imidazole rings is 1. The van der Waals surface area contributed by atoms with Crippen molar-refractivity contribution in [3.63, 3.8) is 0 Å². The number of nitrogens with two attached hydrogens (primary N) is 1. The van der Waals surface area contributed by atoms with Crippen LogP contribution in [-0.2, 0) is 4.79 Å². The summed E-state index contributed by atoms with van der Waals surface area (Å²) >= 11 is 0. The molecule has 128 valence electrons. The van der Waals surface area contributed by atoms with Crippen molar-refractivity contribution >= 4 is 17.2 Å². The summed E-state index contributed by atoms with van der Waals surface area (Å²) in [6.45, 7) is 3.07. The maximum absolute atomic E-state index is 12.0. The van der Waals surface area contributed by atoms with E-state index in [9.17, 15) is 4.79 Å². The molecule has 3 aromatic rings. The van der Waals surface area contributed by atoms with Gasteiger partial charge < -0.3 is 15.0 Å². The second-order valence-electron chi connectivity index (χ2n) is 6.18. The Morgan fingerprint density at radius 1 is 1.12 bits per heavy atom. The summed E-state index contributed by atoms with van der Waals surface area (Å²) in [7, 11) is 0. The van der Waals surface area contributed by atoms with Gasteiger partial charge in [0.05, 0.1) is 12.5 Å². The zero-order chi connectivity index (χ0) is 17.2. The first-order valence-corrected chi connectivity index (χ1v) is 8.34. The number of hydrogen-bond acceptors (Lipinski definition) is 5. The summed E-state index contributed by atoms with van der Waals surface area (Å²) in [5.74, 6) is 0.616. The van der Waals surface area contributed by atoms with E-state index in [0.29, 0.717) is 0 Å². The lowest BCUT2D eigenvalue weighted by Gasteiger charge is -2.38. The number of aromatic nitrogens is 3. The Morgan fingerprint density at radius 3 is 2.60 bits per heavy atom. The maximum Gasteiger partial charge on any atom is 0.239 e. The lowest BCUT2D eigenvalue weighted by Crippen LogP contribution is -2.50. The van der Waals surface area contributed by atoms with Crippen LogP contribution < -0.4 is 10.6 Å². The van der Waals surface area contributed by atoms with E-state index in [-0.39, 0.29) is 11.9 Å². The molecule has 1 atom stereocenters. The first-order valence-electron chi connectivity index (χ1n) is 8.34. The SMILES string of the molecule is NC(=O)C(c1ccccc1)N1CCN(c2nccn3cncc23)CC1. The van der Waals surface area contributed by atoms with Crippen LogP contribution in [0.2, 0.25) is 0 Å². The predicted octanol–water partition coefficient (Wildman–Crippen LogP) is 1.08. The number of fused-ring (bicyclic) bond motifs is 1. The molecule has 1 aliphatic heterocycles. The number of anilines is 1. The molecule has 0 bridgehead atoms. The largest absolute Gasteiger partial charge is 0.368 e. The molecule has 1 unspecified atom stereocenters. The highest BCUT2D eigenvalue weighted by Crippen LogP contribution is 2.25. The molecule has 7 heteroatoms. The van der Waals surface area contributed by atoms with Crippen LogP contribution in [0.4, 0.5) is 5.82 Å². The van der Waals surface area contributed by atoms with Crippen molar-refractivity contribution < 1.29 is 4.79 Å². The fourth-order valence-corrected chi connectivity index (χ4v) is 3.46. The third kappa shape index (κ3) is 2.94. The number of carbonyl (C=O) groups is 1. The summed E-state index contributed by atoms with van der Waals surface area (Å²) in [5.41, 5.74) is 7.62. The number of piperazine rings is 1. The third-order valence-corrected chi connectivity index (χ3v) is 4.68. The van der Waals surface area contributed by atoms with E-state index in [1.807, 2.05) is 47.1 Å². The van der Waals surface area contributed by atoms with Gasteiger partial charge in [-0.15, -0.1) is 0 Å². The van der Waals surface area contributed by atoms with Gasteiger partial charge in [0.2, 0.25) is 5.91 Å². The van der Waals surface area contributed by atoms with Gasteiger partial charge in [0.25, 0.3) is 0 Å². The van der Waals surface area contributed by atoms with Crippen LogP contribution in [0.25, 0.3) is 5.52 Å². The number of primary amides is 1. The molecule has 0 aliphatic carbocycles. The highest BCUT2D eigenvalue weighted by Gasteiger charge is 2.29. The number of benzene rings is 1. The molecule has 7 nitrogen and oxygen atoms in total. The average molecular weight is 336 g/mol. The second-order valence-corrected chi connectivity index (χ2v) is 6.18. The number of rotatable bonds is 4. The van der Waals surface area contributed by atoms with Crippen LogP contribution in [0.3, 0.4) is 0 Å². The van der Waals surface area contributed by atoms with Crippen LogP contribution in [0.15, 0.2) is 55.2 Å². The van der Waals surface area contributed by atoms with Crippen molar-refractivity contribution in [2.45, 2.75) is 6.04 Å². The van der Waals surface area contributed by atoms with Crippen molar-refractivity contribution in [1.82, 2.24) is 19.3 Å². The first-order chi connectivity index (χ1) is 12.2. The lowest BCUT2D eigenvalue weighted by atomic mass is 10.0. The quantitative estimate of drug-likeness (QED) is 0.771. The average Bonchev–Trinajstić information content (AvgIpc) is 3.12. The van der Waals surface area contributed by atoms with E-state index in [2.05, 4.69) is 19.8 Å². The standard InChI is InChI=1S/C18H20N6O/c19-17(25)16(14-4-2-1-3-5-14)22-8-10-23(11-9-22)18-15-12-20-13-24(15)7-6-21-18/h1-7,12-13,16H,8-11H2,(H2,19,25). The molecule has 1 aromatic carbocycles. The lowest BCUT2D eigenvalue weighted by molar-refractivity contribution is -0.123. The smallest absolute Gasteiger partial charge is 0.239 e. The highest BCUT2D eigenvalue weighted by atomic mass is 16.1. The molecule has 1 aliphatic rings. The summed E-state index contributed by atoms with van der Waals surface area (Å²) < 4.78 is 1.96. The summed E-state index contributed by atoms with van der Waals surface area (Å²) in [6.07, 6.45) is 7.27. The number of amides is 1. The molecular weight excluding hydrogens is 316 g/mol. The molecule has 4 rings (SSSR count). The van der Waals surface area contributed by atoms with Gasteiger partial charge in [-0.1, -0.05) is 30.3 Å². The Bertz CT molecular complexity index is 869. The fourth-order valence-electron chi connectivity index (χ4n) is 3.46. The monoisotopic (exact) mass is 336 g/mol. The van der Waals surface area contributed by atoms with E-state index in [1.54, 1.807) is 12.5 Å². The van der Waals surface area contributed by atoms with Gasteiger partial charge in [-0.3, -0.25) is 9.69 Å². The fraction of sp³-hybridized carbons (Fsp3) is 0.278.